The predicted octanol–water partition coefficient (Wildman–Crippen LogP) is 3.22. The molecule has 0 bridgehead atoms. The van der Waals surface area contributed by atoms with E-state index in [4.69, 9.17) is 0 Å². The van der Waals surface area contributed by atoms with Gasteiger partial charge < -0.3 is 16.0 Å². The normalized spacial score (nSPS) is 10.3. The standard InChI is InChI=1S/C22H22N4O3S/c27-20(5-2-9-24-21(28)18-8-12-30-15-18)25-14-16-3-1-4-19(13-16)26-22(29)17-6-10-23-11-7-17/h1,3-4,6-8,10-13,15H,2,5,9,14H2,(H,24,28)(H,25,27)(H,26,29). The maximum Gasteiger partial charge on any atom is 0.255 e. The Morgan fingerprint density at radius 1 is 0.933 bits per heavy atom. The average Bonchev–Trinajstić information content (AvgIpc) is 3.31. The fourth-order valence-electron chi connectivity index (χ4n) is 2.70. The number of nitrogens with one attached hydrogen (secondary N) is 3. The summed E-state index contributed by atoms with van der Waals surface area (Å²) in [5, 5.41) is 12.1. The Morgan fingerprint density at radius 2 is 1.77 bits per heavy atom. The van der Waals surface area contributed by atoms with Crippen LogP contribution < -0.4 is 16.0 Å². The highest BCUT2D eigenvalue weighted by molar-refractivity contribution is 7.08. The van der Waals surface area contributed by atoms with E-state index >= 15 is 0 Å². The van der Waals surface area contributed by atoms with Crippen molar-refractivity contribution in [1.29, 1.82) is 0 Å². The van der Waals surface area contributed by atoms with Crippen molar-refractivity contribution in [2.45, 2.75) is 19.4 Å². The number of hydrogen-bond acceptors (Lipinski definition) is 5. The molecule has 0 atom stereocenters. The largest absolute Gasteiger partial charge is 0.352 e. The summed E-state index contributed by atoms with van der Waals surface area (Å²) in [6.45, 7) is 0.803. The van der Waals surface area contributed by atoms with Crippen molar-refractivity contribution in [2.24, 2.45) is 0 Å². The zero-order valence-corrected chi connectivity index (χ0v) is 17.1. The second-order valence-corrected chi connectivity index (χ2v) is 7.32. The number of benzene rings is 1. The van der Waals surface area contributed by atoms with E-state index in [-0.39, 0.29) is 17.7 Å². The number of hydrogen-bond donors (Lipinski definition) is 3. The summed E-state index contributed by atoms with van der Waals surface area (Å²) in [7, 11) is 0. The molecule has 3 rings (SSSR count). The minimum atomic E-state index is -0.219. The molecule has 3 amide bonds. The van der Waals surface area contributed by atoms with Crippen LogP contribution in [0.25, 0.3) is 0 Å². The van der Waals surface area contributed by atoms with Crippen molar-refractivity contribution < 1.29 is 14.4 Å². The lowest BCUT2D eigenvalue weighted by Crippen LogP contribution is -2.27. The van der Waals surface area contributed by atoms with E-state index in [0.29, 0.717) is 42.7 Å². The number of rotatable bonds is 9. The van der Waals surface area contributed by atoms with E-state index in [2.05, 4.69) is 20.9 Å². The smallest absolute Gasteiger partial charge is 0.255 e. The molecular formula is C22H22N4O3S. The van der Waals surface area contributed by atoms with Gasteiger partial charge in [0.15, 0.2) is 0 Å². The lowest BCUT2D eigenvalue weighted by atomic mass is 10.2. The van der Waals surface area contributed by atoms with Crippen LogP contribution in [0.5, 0.6) is 0 Å². The van der Waals surface area contributed by atoms with Gasteiger partial charge in [-0.15, -0.1) is 0 Å². The monoisotopic (exact) mass is 422 g/mol. The summed E-state index contributed by atoms with van der Waals surface area (Å²) in [6.07, 6.45) is 4.01. The number of aromatic nitrogens is 1. The molecule has 8 heteroatoms. The number of amides is 3. The maximum absolute atomic E-state index is 12.2. The maximum atomic E-state index is 12.2. The Kier molecular flexibility index (Phi) is 7.68. The van der Waals surface area contributed by atoms with E-state index in [9.17, 15) is 14.4 Å². The molecule has 0 aliphatic rings. The molecule has 0 fully saturated rings. The third-order valence-corrected chi connectivity index (χ3v) is 4.95. The van der Waals surface area contributed by atoms with Gasteiger partial charge in [-0.2, -0.15) is 11.3 Å². The molecule has 30 heavy (non-hydrogen) atoms. The van der Waals surface area contributed by atoms with Crippen molar-refractivity contribution >= 4 is 34.7 Å². The highest BCUT2D eigenvalue weighted by atomic mass is 32.1. The molecule has 0 unspecified atom stereocenters. The molecule has 0 aliphatic carbocycles. The molecule has 0 spiro atoms. The summed E-state index contributed by atoms with van der Waals surface area (Å²) < 4.78 is 0. The summed E-state index contributed by atoms with van der Waals surface area (Å²) in [4.78, 5) is 40.0. The quantitative estimate of drug-likeness (QED) is 0.461. The summed E-state index contributed by atoms with van der Waals surface area (Å²) >= 11 is 1.47. The minimum absolute atomic E-state index is 0.0917. The Hall–Kier alpha value is -3.52. The zero-order chi connectivity index (χ0) is 21.2. The SMILES string of the molecule is O=C(CCCNC(=O)c1ccsc1)NCc1cccc(NC(=O)c2ccncc2)c1. The molecule has 1 aromatic carbocycles. The lowest BCUT2D eigenvalue weighted by Gasteiger charge is -2.09. The first-order valence-corrected chi connectivity index (χ1v) is 10.4. The molecule has 2 heterocycles. The summed E-state index contributed by atoms with van der Waals surface area (Å²) in [6, 6.07) is 12.4. The van der Waals surface area contributed by atoms with Gasteiger partial charge in [0.05, 0.1) is 0 Å². The van der Waals surface area contributed by atoms with Crippen molar-refractivity contribution in [3.8, 4) is 0 Å². The molecule has 3 N–H and O–H groups in total. The fraction of sp³-hybridized carbons (Fsp3) is 0.182. The van der Waals surface area contributed by atoms with Crippen LogP contribution in [0.4, 0.5) is 5.69 Å². The van der Waals surface area contributed by atoms with Gasteiger partial charge in [0.2, 0.25) is 5.91 Å². The molecule has 154 valence electrons. The van der Waals surface area contributed by atoms with Gasteiger partial charge in [0, 0.05) is 54.1 Å². The number of thiophene rings is 1. The molecule has 0 radical (unpaired) electrons. The van der Waals surface area contributed by atoms with Crippen LogP contribution >= 0.6 is 11.3 Å². The topological polar surface area (TPSA) is 100 Å². The van der Waals surface area contributed by atoms with Gasteiger partial charge in [0.25, 0.3) is 11.8 Å². The van der Waals surface area contributed by atoms with Crippen LogP contribution in [-0.4, -0.2) is 29.3 Å². The van der Waals surface area contributed by atoms with E-state index in [1.165, 1.54) is 11.3 Å². The first kappa shape index (κ1) is 21.2. The number of nitrogens with zero attached hydrogens (tertiary/aromatic N) is 1. The van der Waals surface area contributed by atoms with E-state index < -0.39 is 0 Å². The van der Waals surface area contributed by atoms with Crippen molar-refractivity contribution in [2.75, 3.05) is 11.9 Å². The van der Waals surface area contributed by atoms with E-state index in [1.54, 1.807) is 42.0 Å². The number of pyridine rings is 1. The number of carbonyl (C=O) groups is 3. The van der Waals surface area contributed by atoms with Gasteiger partial charge >= 0.3 is 0 Å². The van der Waals surface area contributed by atoms with Crippen LogP contribution in [0, 0.1) is 0 Å². The van der Waals surface area contributed by atoms with Crippen LogP contribution in [0.3, 0.4) is 0 Å². The van der Waals surface area contributed by atoms with E-state index in [1.807, 2.05) is 23.6 Å². The Labute approximate surface area is 178 Å². The highest BCUT2D eigenvalue weighted by Gasteiger charge is 2.08. The average molecular weight is 423 g/mol. The Bertz CT molecular complexity index is 991. The second kappa shape index (κ2) is 10.9. The molecule has 2 aromatic heterocycles. The first-order valence-electron chi connectivity index (χ1n) is 9.49. The molecular weight excluding hydrogens is 400 g/mol. The van der Waals surface area contributed by atoms with Crippen LogP contribution in [0.1, 0.15) is 39.1 Å². The molecule has 7 nitrogen and oxygen atoms in total. The van der Waals surface area contributed by atoms with Gasteiger partial charge in [-0.25, -0.2) is 0 Å². The molecule has 3 aromatic rings. The molecule has 0 saturated heterocycles. The second-order valence-electron chi connectivity index (χ2n) is 6.54. The highest BCUT2D eigenvalue weighted by Crippen LogP contribution is 2.12. The zero-order valence-electron chi connectivity index (χ0n) is 16.3. The summed E-state index contributed by atoms with van der Waals surface area (Å²) in [5.41, 5.74) is 2.69. The van der Waals surface area contributed by atoms with Crippen molar-refractivity contribution in [3.05, 3.63) is 82.3 Å². The third-order valence-electron chi connectivity index (χ3n) is 4.27. The Morgan fingerprint density at radius 3 is 2.53 bits per heavy atom. The van der Waals surface area contributed by atoms with Gasteiger partial charge in [-0.1, -0.05) is 12.1 Å². The lowest BCUT2D eigenvalue weighted by molar-refractivity contribution is -0.121. The van der Waals surface area contributed by atoms with Gasteiger partial charge in [0.1, 0.15) is 0 Å². The van der Waals surface area contributed by atoms with Crippen molar-refractivity contribution in [1.82, 2.24) is 15.6 Å². The minimum Gasteiger partial charge on any atom is -0.352 e. The number of anilines is 1. The Balaban J connectivity index is 1.39. The summed E-state index contributed by atoms with van der Waals surface area (Å²) in [5.74, 6) is -0.434. The van der Waals surface area contributed by atoms with Crippen molar-refractivity contribution in [3.63, 3.8) is 0 Å². The number of carbonyl (C=O) groups excluding carboxylic acids is 3. The third kappa shape index (κ3) is 6.52. The van der Waals surface area contributed by atoms with Gasteiger partial charge in [-0.05, 0) is 47.7 Å². The van der Waals surface area contributed by atoms with E-state index in [0.717, 1.165) is 5.56 Å². The van der Waals surface area contributed by atoms with Crippen LogP contribution in [0.2, 0.25) is 0 Å². The van der Waals surface area contributed by atoms with Crippen LogP contribution in [0.15, 0.2) is 65.6 Å². The fourth-order valence-corrected chi connectivity index (χ4v) is 3.34. The molecule has 0 saturated carbocycles. The first-order chi connectivity index (χ1) is 14.6. The van der Waals surface area contributed by atoms with Crippen LogP contribution in [-0.2, 0) is 11.3 Å². The predicted molar refractivity (Wildman–Crippen MR) is 116 cm³/mol. The molecule has 0 aliphatic heterocycles. The van der Waals surface area contributed by atoms with Gasteiger partial charge in [-0.3, -0.25) is 19.4 Å².